The minimum atomic E-state index is -0.683. The third-order valence-electron chi connectivity index (χ3n) is 3.56. The van der Waals surface area contributed by atoms with Crippen molar-refractivity contribution < 1.29 is 9.53 Å². The Morgan fingerprint density at radius 1 is 1.17 bits per heavy atom. The molecule has 118 valence electrons. The zero-order valence-corrected chi connectivity index (χ0v) is 13.1. The largest absolute Gasteiger partial charge is 0.481 e. The number of nitrogens with zero attached hydrogens (tertiary/aromatic N) is 2. The number of nitriles is 1. The monoisotopic (exact) mass is 317 g/mol. The lowest BCUT2D eigenvalue weighted by Crippen LogP contribution is -2.30. The van der Waals surface area contributed by atoms with Gasteiger partial charge in [0, 0.05) is 11.6 Å². The molecule has 0 aliphatic rings. The summed E-state index contributed by atoms with van der Waals surface area (Å²) in [5.41, 5.74) is 1.92. The van der Waals surface area contributed by atoms with Crippen LogP contribution in [0.3, 0.4) is 0 Å². The second kappa shape index (κ2) is 6.80. The van der Waals surface area contributed by atoms with Crippen LogP contribution in [0.4, 0.5) is 5.69 Å². The lowest BCUT2D eigenvalue weighted by molar-refractivity contribution is -0.122. The van der Waals surface area contributed by atoms with Crippen LogP contribution in [0.1, 0.15) is 12.5 Å². The normalized spacial score (nSPS) is 11.5. The molecule has 1 amide bonds. The molecule has 0 bridgehead atoms. The van der Waals surface area contributed by atoms with Crippen LogP contribution in [-0.4, -0.2) is 17.0 Å². The molecule has 1 heterocycles. The maximum atomic E-state index is 12.4. The number of pyridine rings is 1. The molecule has 0 aliphatic carbocycles. The average Bonchev–Trinajstić information content (AvgIpc) is 2.62. The van der Waals surface area contributed by atoms with Crippen LogP contribution in [0, 0.1) is 11.3 Å². The molecule has 2 aromatic carbocycles. The van der Waals surface area contributed by atoms with E-state index in [9.17, 15) is 4.79 Å². The number of aromatic nitrogens is 1. The molecule has 1 atom stereocenters. The van der Waals surface area contributed by atoms with Crippen LogP contribution in [0.25, 0.3) is 10.9 Å². The number of fused-ring (bicyclic) bond motifs is 1. The zero-order valence-electron chi connectivity index (χ0n) is 13.1. The fourth-order valence-corrected chi connectivity index (χ4v) is 2.31. The van der Waals surface area contributed by atoms with E-state index in [2.05, 4.69) is 10.3 Å². The van der Waals surface area contributed by atoms with Crippen LogP contribution in [0.2, 0.25) is 0 Å². The number of amides is 1. The SMILES string of the molecule is C[C@@H](Oc1ccc(C#N)cc1)C(=O)Nc1cccc2cccnc12. The molecular formula is C19H15N3O2. The Bertz CT molecular complexity index is 909. The van der Waals surface area contributed by atoms with Gasteiger partial charge < -0.3 is 10.1 Å². The van der Waals surface area contributed by atoms with Crippen molar-refractivity contribution in [3.05, 3.63) is 66.4 Å². The summed E-state index contributed by atoms with van der Waals surface area (Å²) in [6.07, 6.45) is 1.01. The molecule has 3 aromatic rings. The van der Waals surface area contributed by atoms with Gasteiger partial charge in [0.2, 0.25) is 0 Å². The first-order valence-electron chi connectivity index (χ1n) is 7.49. The van der Waals surface area contributed by atoms with Crippen molar-refractivity contribution >= 4 is 22.5 Å². The molecule has 3 rings (SSSR count). The Hall–Kier alpha value is -3.39. The molecule has 0 unspecified atom stereocenters. The van der Waals surface area contributed by atoms with Crippen molar-refractivity contribution in [2.45, 2.75) is 13.0 Å². The van der Waals surface area contributed by atoms with Gasteiger partial charge in [-0.05, 0) is 43.3 Å². The number of carbonyl (C=O) groups excluding carboxylic acids is 1. The van der Waals surface area contributed by atoms with Gasteiger partial charge in [0.05, 0.1) is 22.8 Å². The second-order valence-electron chi connectivity index (χ2n) is 5.27. The maximum Gasteiger partial charge on any atom is 0.265 e. The van der Waals surface area contributed by atoms with Crippen molar-refractivity contribution in [2.24, 2.45) is 0 Å². The number of para-hydroxylation sites is 1. The summed E-state index contributed by atoms with van der Waals surface area (Å²) < 4.78 is 5.62. The number of hydrogen-bond acceptors (Lipinski definition) is 4. The molecule has 24 heavy (non-hydrogen) atoms. The highest BCUT2D eigenvalue weighted by molar-refractivity contribution is 6.01. The number of ether oxygens (including phenoxy) is 1. The van der Waals surface area contributed by atoms with Crippen molar-refractivity contribution in [2.75, 3.05) is 5.32 Å². The number of carbonyl (C=O) groups is 1. The quantitative estimate of drug-likeness (QED) is 0.799. The minimum Gasteiger partial charge on any atom is -0.481 e. The standard InChI is InChI=1S/C19H15N3O2/c1-13(24-16-9-7-14(12-20)8-10-16)19(23)22-17-6-2-4-15-5-3-11-21-18(15)17/h2-11,13H,1H3,(H,22,23)/t13-/m1/s1. The van der Waals surface area contributed by atoms with Crippen LogP contribution in [-0.2, 0) is 4.79 Å². The molecule has 0 spiro atoms. The lowest BCUT2D eigenvalue weighted by Gasteiger charge is -2.15. The third kappa shape index (κ3) is 3.33. The number of anilines is 1. The summed E-state index contributed by atoms with van der Waals surface area (Å²) in [7, 11) is 0. The Labute approximate surface area is 139 Å². The molecule has 5 heteroatoms. The minimum absolute atomic E-state index is 0.266. The van der Waals surface area contributed by atoms with Crippen LogP contribution < -0.4 is 10.1 Å². The van der Waals surface area contributed by atoms with Crippen LogP contribution in [0.15, 0.2) is 60.8 Å². The Morgan fingerprint density at radius 3 is 2.67 bits per heavy atom. The van der Waals surface area contributed by atoms with Crippen molar-refractivity contribution in [1.82, 2.24) is 4.98 Å². The van der Waals surface area contributed by atoms with E-state index >= 15 is 0 Å². The van der Waals surface area contributed by atoms with E-state index in [-0.39, 0.29) is 5.91 Å². The van der Waals surface area contributed by atoms with Gasteiger partial charge in [0.15, 0.2) is 6.10 Å². The molecule has 0 fully saturated rings. The fourth-order valence-electron chi connectivity index (χ4n) is 2.31. The van der Waals surface area contributed by atoms with Gasteiger partial charge in [-0.2, -0.15) is 5.26 Å². The fraction of sp³-hybridized carbons (Fsp3) is 0.105. The van der Waals surface area contributed by atoms with Gasteiger partial charge >= 0.3 is 0 Å². The van der Waals surface area contributed by atoms with Crippen molar-refractivity contribution in [3.63, 3.8) is 0 Å². The maximum absolute atomic E-state index is 12.4. The van der Waals surface area contributed by atoms with Crippen LogP contribution in [0.5, 0.6) is 5.75 Å². The highest BCUT2D eigenvalue weighted by Crippen LogP contribution is 2.21. The number of hydrogen-bond donors (Lipinski definition) is 1. The predicted octanol–water partition coefficient (Wildman–Crippen LogP) is 3.51. The van der Waals surface area contributed by atoms with E-state index < -0.39 is 6.10 Å². The molecule has 0 saturated heterocycles. The summed E-state index contributed by atoms with van der Waals surface area (Å²) in [6, 6.07) is 18.1. The van der Waals surface area contributed by atoms with E-state index in [0.29, 0.717) is 17.0 Å². The van der Waals surface area contributed by atoms with E-state index in [4.69, 9.17) is 10.00 Å². The Balaban J connectivity index is 1.72. The van der Waals surface area contributed by atoms with Gasteiger partial charge in [0.25, 0.3) is 5.91 Å². The molecule has 5 nitrogen and oxygen atoms in total. The number of benzene rings is 2. The molecule has 0 aliphatic heterocycles. The smallest absolute Gasteiger partial charge is 0.265 e. The highest BCUT2D eigenvalue weighted by Gasteiger charge is 2.16. The summed E-state index contributed by atoms with van der Waals surface area (Å²) in [6.45, 7) is 1.67. The number of rotatable bonds is 4. The van der Waals surface area contributed by atoms with E-state index in [0.717, 1.165) is 10.9 Å². The molecular weight excluding hydrogens is 302 g/mol. The summed E-state index contributed by atoms with van der Waals surface area (Å²) in [5, 5.41) is 12.6. The highest BCUT2D eigenvalue weighted by atomic mass is 16.5. The summed E-state index contributed by atoms with van der Waals surface area (Å²) >= 11 is 0. The number of nitrogens with one attached hydrogen (secondary N) is 1. The average molecular weight is 317 g/mol. The van der Waals surface area contributed by atoms with Crippen molar-refractivity contribution in [1.29, 1.82) is 5.26 Å². The Morgan fingerprint density at radius 2 is 1.92 bits per heavy atom. The van der Waals surface area contributed by atoms with Gasteiger partial charge in [-0.15, -0.1) is 0 Å². The third-order valence-corrected chi connectivity index (χ3v) is 3.56. The summed E-state index contributed by atoms with van der Waals surface area (Å²) in [4.78, 5) is 16.7. The topological polar surface area (TPSA) is 75.0 Å². The first-order valence-corrected chi connectivity index (χ1v) is 7.49. The second-order valence-corrected chi connectivity index (χ2v) is 5.27. The molecule has 0 radical (unpaired) electrons. The summed E-state index contributed by atoms with van der Waals surface area (Å²) in [5.74, 6) is 0.269. The molecule has 1 aromatic heterocycles. The van der Waals surface area contributed by atoms with E-state index in [1.807, 2.05) is 36.4 Å². The van der Waals surface area contributed by atoms with Crippen LogP contribution >= 0.6 is 0 Å². The zero-order chi connectivity index (χ0) is 16.9. The van der Waals surface area contributed by atoms with E-state index in [1.165, 1.54) is 0 Å². The van der Waals surface area contributed by atoms with Crippen molar-refractivity contribution in [3.8, 4) is 11.8 Å². The van der Waals surface area contributed by atoms with Gasteiger partial charge in [0.1, 0.15) is 5.75 Å². The lowest BCUT2D eigenvalue weighted by atomic mass is 10.2. The molecule has 1 N–H and O–H groups in total. The first-order chi connectivity index (χ1) is 11.7. The van der Waals surface area contributed by atoms with Gasteiger partial charge in [-0.25, -0.2) is 0 Å². The Kier molecular flexibility index (Phi) is 4.39. The van der Waals surface area contributed by atoms with Gasteiger partial charge in [-0.1, -0.05) is 18.2 Å². The predicted molar refractivity (Wildman–Crippen MR) is 91.6 cm³/mol. The van der Waals surface area contributed by atoms with E-state index in [1.54, 1.807) is 37.4 Å². The van der Waals surface area contributed by atoms with Gasteiger partial charge in [-0.3, -0.25) is 9.78 Å². The molecule has 0 saturated carbocycles. The first kappa shape index (κ1) is 15.5.